The molecule has 0 aliphatic carbocycles. The van der Waals surface area contributed by atoms with Crippen molar-refractivity contribution < 1.29 is 9.90 Å². The van der Waals surface area contributed by atoms with Crippen LogP contribution in [0.5, 0.6) is 0 Å². The Kier molecular flexibility index (Phi) is 4.82. The molecule has 1 fully saturated rings. The van der Waals surface area contributed by atoms with E-state index in [1.165, 1.54) is 0 Å². The summed E-state index contributed by atoms with van der Waals surface area (Å²) in [6.07, 6.45) is 5.69. The van der Waals surface area contributed by atoms with Gasteiger partial charge in [-0.3, -0.25) is 4.79 Å². The van der Waals surface area contributed by atoms with Gasteiger partial charge in [-0.15, -0.1) is 11.3 Å². The fourth-order valence-corrected chi connectivity index (χ4v) is 3.91. The van der Waals surface area contributed by atoms with E-state index >= 15 is 0 Å². The lowest BCUT2D eigenvalue weighted by atomic mass is 10.1. The third kappa shape index (κ3) is 3.33. The molecule has 1 N–H and O–H groups in total. The van der Waals surface area contributed by atoms with Crippen LogP contribution in [0.25, 0.3) is 11.3 Å². The van der Waals surface area contributed by atoms with Crippen LogP contribution in [0.15, 0.2) is 17.6 Å². The molecule has 6 heteroatoms. The van der Waals surface area contributed by atoms with Gasteiger partial charge in [0.2, 0.25) is 0 Å². The fourth-order valence-electron chi connectivity index (χ4n) is 3.29. The van der Waals surface area contributed by atoms with Crippen molar-refractivity contribution in [2.45, 2.75) is 38.6 Å². The molecule has 1 atom stereocenters. The molecule has 0 spiro atoms. The Bertz CT molecular complexity index is 692. The minimum Gasteiger partial charge on any atom is -0.396 e. The highest BCUT2D eigenvalue weighted by Gasteiger charge is 2.30. The monoisotopic (exact) mass is 333 g/mol. The molecule has 3 rings (SSSR count). The van der Waals surface area contributed by atoms with E-state index in [1.54, 1.807) is 11.3 Å². The molecular weight excluding hydrogens is 310 g/mol. The number of hydrogen-bond donors (Lipinski definition) is 1. The Labute approximate surface area is 140 Å². The van der Waals surface area contributed by atoms with Crippen molar-refractivity contribution in [1.82, 2.24) is 14.5 Å². The van der Waals surface area contributed by atoms with Gasteiger partial charge in [-0.25, -0.2) is 4.98 Å². The summed E-state index contributed by atoms with van der Waals surface area (Å²) in [6, 6.07) is 2.20. The van der Waals surface area contributed by atoms with Gasteiger partial charge in [-0.1, -0.05) is 0 Å². The topological polar surface area (TPSA) is 58.4 Å². The molecule has 1 saturated heterocycles. The third-order valence-corrected chi connectivity index (χ3v) is 5.25. The SMILES string of the molecule is Cc1nc(-c2cc(C(=O)N3CCCC3CCCO)n(C)c2)cs1. The van der Waals surface area contributed by atoms with Crippen LogP contribution in [0.4, 0.5) is 0 Å². The largest absolute Gasteiger partial charge is 0.396 e. The quantitative estimate of drug-likeness (QED) is 0.915. The number of nitrogens with zero attached hydrogens (tertiary/aromatic N) is 3. The first-order chi connectivity index (χ1) is 11.1. The predicted octanol–water partition coefficient (Wildman–Crippen LogP) is 2.83. The fraction of sp³-hybridized carbons (Fsp3) is 0.529. The van der Waals surface area contributed by atoms with E-state index in [0.717, 1.165) is 48.5 Å². The third-order valence-electron chi connectivity index (χ3n) is 4.47. The number of thiazole rings is 1. The first-order valence-electron chi connectivity index (χ1n) is 8.11. The molecule has 124 valence electrons. The number of carbonyl (C=O) groups is 1. The maximum atomic E-state index is 12.9. The Hall–Kier alpha value is -1.66. The van der Waals surface area contributed by atoms with Gasteiger partial charge < -0.3 is 14.6 Å². The summed E-state index contributed by atoms with van der Waals surface area (Å²) in [5.41, 5.74) is 2.63. The predicted molar refractivity (Wildman–Crippen MR) is 91.6 cm³/mol. The summed E-state index contributed by atoms with van der Waals surface area (Å²) in [4.78, 5) is 19.4. The van der Waals surface area contributed by atoms with E-state index in [1.807, 2.05) is 41.1 Å². The van der Waals surface area contributed by atoms with E-state index in [-0.39, 0.29) is 18.6 Å². The highest BCUT2D eigenvalue weighted by atomic mass is 32.1. The van der Waals surface area contributed by atoms with Crippen LogP contribution in [-0.4, -0.2) is 44.7 Å². The molecule has 0 bridgehead atoms. The van der Waals surface area contributed by atoms with Gasteiger partial charge >= 0.3 is 0 Å². The zero-order valence-electron chi connectivity index (χ0n) is 13.7. The van der Waals surface area contributed by atoms with Gasteiger partial charge in [0.05, 0.1) is 10.7 Å². The number of carbonyl (C=O) groups excluding carboxylic acids is 1. The first kappa shape index (κ1) is 16.2. The maximum Gasteiger partial charge on any atom is 0.270 e. The summed E-state index contributed by atoms with van der Waals surface area (Å²) in [7, 11) is 1.91. The molecule has 0 aromatic carbocycles. The zero-order valence-corrected chi connectivity index (χ0v) is 14.5. The Morgan fingerprint density at radius 1 is 1.52 bits per heavy atom. The highest BCUT2D eigenvalue weighted by molar-refractivity contribution is 7.09. The average Bonchev–Trinajstić information content (AvgIpc) is 3.24. The molecule has 1 amide bonds. The van der Waals surface area contributed by atoms with Crippen molar-refractivity contribution in [2.75, 3.05) is 13.2 Å². The van der Waals surface area contributed by atoms with Crippen molar-refractivity contribution in [2.24, 2.45) is 7.05 Å². The average molecular weight is 333 g/mol. The van der Waals surface area contributed by atoms with Gasteiger partial charge in [0, 0.05) is 43.4 Å². The number of aliphatic hydroxyl groups is 1. The number of likely N-dealkylation sites (tertiary alicyclic amines) is 1. The van der Waals surface area contributed by atoms with E-state index in [9.17, 15) is 4.79 Å². The summed E-state index contributed by atoms with van der Waals surface area (Å²) in [6.45, 7) is 2.99. The van der Waals surface area contributed by atoms with Crippen LogP contribution >= 0.6 is 11.3 Å². The van der Waals surface area contributed by atoms with Gasteiger partial charge in [0.1, 0.15) is 5.69 Å². The van der Waals surface area contributed by atoms with Crippen LogP contribution in [0, 0.1) is 6.92 Å². The van der Waals surface area contributed by atoms with Gasteiger partial charge in [-0.2, -0.15) is 0 Å². The molecule has 5 nitrogen and oxygen atoms in total. The summed E-state index contributed by atoms with van der Waals surface area (Å²) in [5, 5.41) is 12.1. The van der Waals surface area contributed by atoms with Crippen LogP contribution in [0.3, 0.4) is 0 Å². The van der Waals surface area contributed by atoms with E-state index in [2.05, 4.69) is 4.98 Å². The highest BCUT2D eigenvalue weighted by Crippen LogP contribution is 2.27. The second-order valence-corrected chi connectivity index (χ2v) is 7.20. The molecule has 1 aliphatic rings. The molecule has 2 aromatic heterocycles. The Morgan fingerprint density at radius 3 is 3.04 bits per heavy atom. The molecule has 2 aromatic rings. The lowest BCUT2D eigenvalue weighted by molar-refractivity contribution is 0.0715. The molecule has 3 heterocycles. The van der Waals surface area contributed by atoms with Crippen molar-refractivity contribution in [3.8, 4) is 11.3 Å². The molecule has 1 unspecified atom stereocenters. The van der Waals surface area contributed by atoms with Gasteiger partial charge in [0.15, 0.2) is 0 Å². The number of aliphatic hydroxyl groups excluding tert-OH is 1. The first-order valence-corrected chi connectivity index (χ1v) is 8.99. The van der Waals surface area contributed by atoms with Crippen LogP contribution in [0.2, 0.25) is 0 Å². The van der Waals surface area contributed by atoms with E-state index in [4.69, 9.17) is 5.11 Å². The minimum atomic E-state index is 0.0890. The van der Waals surface area contributed by atoms with Crippen molar-refractivity contribution >= 4 is 17.2 Å². The van der Waals surface area contributed by atoms with Crippen LogP contribution < -0.4 is 0 Å². The molecule has 0 radical (unpaired) electrons. The smallest absolute Gasteiger partial charge is 0.270 e. The maximum absolute atomic E-state index is 12.9. The number of amides is 1. The number of hydrogen-bond acceptors (Lipinski definition) is 4. The Morgan fingerprint density at radius 2 is 2.35 bits per heavy atom. The zero-order chi connectivity index (χ0) is 16.4. The normalized spacial score (nSPS) is 17.9. The minimum absolute atomic E-state index is 0.0890. The van der Waals surface area contributed by atoms with Crippen molar-refractivity contribution in [1.29, 1.82) is 0 Å². The molecule has 0 saturated carbocycles. The molecule has 23 heavy (non-hydrogen) atoms. The number of aromatic nitrogens is 2. The van der Waals surface area contributed by atoms with Gasteiger partial charge in [-0.05, 0) is 38.7 Å². The van der Waals surface area contributed by atoms with E-state index in [0.29, 0.717) is 5.69 Å². The summed E-state index contributed by atoms with van der Waals surface area (Å²) >= 11 is 1.62. The Balaban J connectivity index is 1.81. The van der Waals surface area contributed by atoms with Crippen LogP contribution in [-0.2, 0) is 7.05 Å². The summed E-state index contributed by atoms with van der Waals surface area (Å²) < 4.78 is 1.90. The standard InChI is InChI=1S/C17H23N3O2S/c1-12-18-15(11-23-12)13-9-16(19(2)10-13)17(22)20-7-3-5-14(20)6-4-8-21/h9-11,14,21H,3-8H2,1-2H3. The molecular formula is C17H23N3O2S. The lowest BCUT2D eigenvalue weighted by Crippen LogP contribution is -2.36. The van der Waals surface area contributed by atoms with Crippen molar-refractivity contribution in [3.05, 3.63) is 28.3 Å². The van der Waals surface area contributed by atoms with Crippen LogP contribution in [0.1, 0.15) is 41.2 Å². The number of rotatable bonds is 5. The second kappa shape index (κ2) is 6.84. The number of aryl methyl sites for hydroxylation is 2. The second-order valence-electron chi connectivity index (χ2n) is 6.14. The van der Waals surface area contributed by atoms with Crippen molar-refractivity contribution in [3.63, 3.8) is 0 Å². The summed E-state index contributed by atoms with van der Waals surface area (Å²) in [5.74, 6) is 0.0890. The van der Waals surface area contributed by atoms with E-state index < -0.39 is 0 Å². The lowest BCUT2D eigenvalue weighted by Gasteiger charge is -2.24. The van der Waals surface area contributed by atoms with Gasteiger partial charge in [0.25, 0.3) is 5.91 Å². The molecule has 1 aliphatic heterocycles.